The van der Waals surface area contributed by atoms with E-state index in [0.29, 0.717) is 21.1 Å². The van der Waals surface area contributed by atoms with Crippen LogP contribution in [-0.4, -0.2) is 4.98 Å². The van der Waals surface area contributed by atoms with Crippen LogP contribution in [0.3, 0.4) is 0 Å². The monoisotopic (exact) mass is 186 g/mol. The van der Waals surface area contributed by atoms with Gasteiger partial charge in [-0.15, -0.1) is 0 Å². The molecule has 0 aliphatic rings. The van der Waals surface area contributed by atoms with Crippen molar-refractivity contribution in [2.45, 2.75) is 0 Å². The molecular formula is C7H2Cl2NO. The van der Waals surface area contributed by atoms with E-state index in [2.05, 4.69) is 11.4 Å². The Morgan fingerprint density at radius 3 is 2.73 bits per heavy atom. The van der Waals surface area contributed by atoms with E-state index in [0.717, 1.165) is 0 Å². The first-order valence-corrected chi connectivity index (χ1v) is 3.65. The van der Waals surface area contributed by atoms with Crippen molar-refractivity contribution in [1.29, 1.82) is 0 Å². The van der Waals surface area contributed by atoms with Crippen LogP contribution >= 0.6 is 23.2 Å². The Balaban J connectivity index is 2.96. The molecule has 1 aromatic carbocycles. The minimum absolute atomic E-state index is 0.485. The second-order valence-corrected chi connectivity index (χ2v) is 2.83. The quantitative estimate of drug-likeness (QED) is 0.633. The topological polar surface area (TPSA) is 26.0 Å². The van der Waals surface area contributed by atoms with Crippen molar-refractivity contribution >= 4 is 34.3 Å². The van der Waals surface area contributed by atoms with Crippen molar-refractivity contribution in [3.63, 3.8) is 0 Å². The summed E-state index contributed by atoms with van der Waals surface area (Å²) in [5.74, 6) is 0. The van der Waals surface area contributed by atoms with Crippen molar-refractivity contribution in [3.05, 3.63) is 28.6 Å². The Hall–Kier alpha value is -0.730. The number of benzene rings is 1. The highest BCUT2D eigenvalue weighted by molar-refractivity contribution is 6.39. The van der Waals surface area contributed by atoms with Crippen LogP contribution in [0.2, 0.25) is 10.0 Å². The van der Waals surface area contributed by atoms with Crippen LogP contribution in [0, 0.1) is 6.39 Å². The zero-order chi connectivity index (χ0) is 7.84. The van der Waals surface area contributed by atoms with Gasteiger partial charge in [-0.1, -0.05) is 23.2 Å². The minimum atomic E-state index is 0.485. The molecule has 2 aromatic rings. The van der Waals surface area contributed by atoms with Crippen LogP contribution in [0.4, 0.5) is 0 Å². The Morgan fingerprint density at radius 2 is 2.00 bits per heavy atom. The summed E-state index contributed by atoms with van der Waals surface area (Å²) in [6.07, 6.45) is 2.33. The van der Waals surface area contributed by atoms with Crippen LogP contribution in [0.5, 0.6) is 0 Å². The summed E-state index contributed by atoms with van der Waals surface area (Å²) < 4.78 is 4.88. The molecule has 1 heterocycles. The van der Waals surface area contributed by atoms with Gasteiger partial charge < -0.3 is 4.42 Å². The van der Waals surface area contributed by atoms with E-state index in [4.69, 9.17) is 27.6 Å². The normalized spacial score (nSPS) is 10.7. The van der Waals surface area contributed by atoms with E-state index in [1.165, 1.54) is 0 Å². The standard InChI is InChI=1S/C7H2Cl2NO/c8-4-1-2-5(9)7-6(4)10-3-11-7/h1-2H. The number of hydrogen-bond donors (Lipinski definition) is 0. The predicted molar refractivity (Wildman–Crippen MR) is 42.9 cm³/mol. The summed E-state index contributed by atoms with van der Waals surface area (Å²) in [5.41, 5.74) is 1.04. The number of nitrogens with zero attached hydrogens (tertiary/aromatic N) is 1. The Kier molecular flexibility index (Phi) is 1.51. The van der Waals surface area contributed by atoms with Gasteiger partial charge in [-0.05, 0) is 12.1 Å². The lowest BCUT2D eigenvalue weighted by Crippen LogP contribution is -1.70. The third-order valence-corrected chi connectivity index (χ3v) is 1.94. The van der Waals surface area contributed by atoms with Crippen LogP contribution in [0.1, 0.15) is 0 Å². The number of rotatable bonds is 0. The second-order valence-electron chi connectivity index (χ2n) is 2.01. The average Bonchev–Trinajstić information content (AvgIpc) is 2.45. The Bertz CT molecular complexity index is 360. The van der Waals surface area contributed by atoms with Crippen molar-refractivity contribution in [2.24, 2.45) is 0 Å². The molecule has 0 saturated heterocycles. The number of oxazole rings is 1. The molecule has 0 aliphatic carbocycles. The van der Waals surface area contributed by atoms with Crippen molar-refractivity contribution in [3.8, 4) is 0 Å². The van der Waals surface area contributed by atoms with Gasteiger partial charge in [0.15, 0.2) is 5.58 Å². The number of halogens is 2. The molecule has 0 spiro atoms. The zero-order valence-electron chi connectivity index (χ0n) is 5.27. The summed E-state index contributed by atoms with van der Waals surface area (Å²) >= 11 is 11.5. The molecule has 0 fully saturated rings. The maximum Gasteiger partial charge on any atom is 0.284 e. The summed E-state index contributed by atoms with van der Waals surface area (Å²) in [7, 11) is 0. The lowest BCUT2D eigenvalue weighted by molar-refractivity contribution is 0.591. The molecule has 1 aromatic heterocycles. The van der Waals surface area contributed by atoms with Crippen LogP contribution in [0.25, 0.3) is 11.1 Å². The lowest BCUT2D eigenvalue weighted by Gasteiger charge is -1.91. The largest absolute Gasteiger partial charge is 0.431 e. The molecule has 55 valence electrons. The average molecular weight is 187 g/mol. The van der Waals surface area contributed by atoms with Crippen molar-refractivity contribution in [2.75, 3.05) is 0 Å². The molecular weight excluding hydrogens is 185 g/mol. The van der Waals surface area contributed by atoms with Crippen LogP contribution < -0.4 is 0 Å². The van der Waals surface area contributed by atoms with Gasteiger partial charge in [0.1, 0.15) is 5.52 Å². The zero-order valence-corrected chi connectivity index (χ0v) is 6.78. The fourth-order valence-electron chi connectivity index (χ4n) is 0.838. The fourth-order valence-corrected chi connectivity index (χ4v) is 1.22. The van der Waals surface area contributed by atoms with E-state index >= 15 is 0 Å². The first-order chi connectivity index (χ1) is 5.29. The van der Waals surface area contributed by atoms with Gasteiger partial charge in [-0.3, -0.25) is 0 Å². The van der Waals surface area contributed by atoms with Crippen molar-refractivity contribution in [1.82, 2.24) is 4.98 Å². The summed E-state index contributed by atoms with van der Waals surface area (Å²) in [6, 6.07) is 3.33. The van der Waals surface area contributed by atoms with E-state index in [1.807, 2.05) is 0 Å². The molecule has 0 atom stereocenters. The highest BCUT2D eigenvalue weighted by atomic mass is 35.5. The summed E-state index contributed by atoms with van der Waals surface area (Å²) in [5, 5.41) is 1.02. The van der Waals surface area contributed by atoms with Crippen LogP contribution in [-0.2, 0) is 0 Å². The molecule has 0 N–H and O–H groups in total. The smallest absolute Gasteiger partial charge is 0.284 e. The molecule has 0 bridgehead atoms. The number of aromatic nitrogens is 1. The molecule has 2 rings (SSSR count). The van der Waals surface area contributed by atoms with Crippen molar-refractivity contribution < 1.29 is 4.42 Å². The molecule has 4 heteroatoms. The predicted octanol–water partition coefficient (Wildman–Crippen LogP) is 2.93. The molecule has 0 unspecified atom stereocenters. The van der Waals surface area contributed by atoms with Gasteiger partial charge in [-0.25, -0.2) is 4.98 Å². The Morgan fingerprint density at radius 1 is 1.27 bits per heavy atom. The maximum atomic E-state index is 5.77. The summed E-state index contributed by atoms with van der Waals surface area (Å²) in [4.78, 5) is 3.77. The first-order valence-electron chi connectivity index (χ1n) is 2.89. The van der Waals surface area contributed by atoms with Crippen LogP contribution in [0.15, 0.2) is 16.5 Å². The molecule has 2 nitrogen and oxygen atoms in total. The Labute approximate surface area is 72.7 Å². The van der Waals surface area contributed by atoms with E-state index in [1.54, 1.807) is 12.1 Å². The van der Waals surface area contributed by atoms with E-state index in [-0.39, 0.29) is 0 Å². The van der Waals surface area contributed by atoms with Gasteiger partial charge >= 0.3 is 0 Å². The molecule has 0 amide bonds. The number of fused-ring (bicyclic) bond motifs is 1. The fraction of sp³-hybridized carbons (Fsp3) is 0. The highest BCUT2D eigenvalue weighted by Crippen LogP contribution is 2.27. The second kappa shape index (κ2) is 2.40. The molecule has 0 saturated carbocycles. The lowest BCUT2D eigenvalue weighted by atomic mass is 10.3. The van der Waals surface area contributed by atoms with Gasteiger partial charge in [0.25, 0.3) is 6.39 Å². The number of hydrogen-bond acceptors (Lipinski definition) is 2. The van der Waals surface area contributed by atoms with Gasteiger partial charge in [0.05, 0.1) is 10.0 Å². The van der Waals surface area contributed by atoms with Gasteiger partial charge in [-0.2, -0.15) is 0 Å². The molecule has 1 radical (unpaired) electrons. The molecule has 11 heavy (non-hydrogen) atoms. The SMILES string of the molecule is Clc1ccc(Cl)c2o[c]nc12. The maximum absolute atomic E-state index is 5.77. The first kappa shape index (κ1) is 6.95. The highest BCUT2D eigenvalue weighted by Gasteiger charge is 2.06. The third-order valence-electron chi connectivity index (χ3n) is 1.34. The van der Waals surface area contributed by atoms with E-state index < -0.39 is 0 Å². The third kappa shape index (κ3) is 0.988. The minimum Gasteiger partial charge on any atom is -0.431 e. The summed E-state index contributed by atoms with van der Waals surface area (Å²) in [6.45, 7) is 0. The van der Waals surface area contributed by atoms with Gasteiger partial charge in [0.2, 0.25) is 0 Å². The van der Waals surface area contributed by atoms with E-state index in [9.17, 15) is 0 Å². The van der Waals surface area contributed by atoms with Gasteiger partial charge in [0, 0.05) is 0 Å². The molecule has 0 aliphatic heterocycles.